The SMILES string of the molecule is O=c1cc(CNc2ccccc2F)c2c(ccc3ccccc32)o1. The maximum absolute atomic E-state index is 13.8. The Kier molecular flexibility index (Phi) is 3.50. The Bertz CT molecular complexity index is 1100. The van der Waals surface area contributed by atoms with Crippen molar-refractivity contribution < 1.29 is 8.81 Å². The van der Waals surface area contributed by atoms with Crippen LogP contribution in [0, 0.1) is 5.82 Å². The zero-order valence-electron chi connectivity index (χ0n) is 12.8. The van der Waals surface area contributed by atoms with Gasteiger partial charge in [-0.2, -0.15) is 0 Å². The second kappa shape index (κ2) is 5.81. The van der Waals surface area contributed by atoms with E-state index in [1.165, 1.54) is 12.1 Å². The minimum absolute atomic E-state index is 0.324. The molecule has 4 heteroatoms. The molecule has 0 aliphatic rings. The number of rotatable bonds is 3. The summed E-state index contributed by atoms with van der Waals surface area (Å²) in [7, 11) is 0. The summed E-state index contributed by atoms with van der Waals surface area (Å²) >= 11 is 0. The smallest absolute Gasteiger partial charge is 0.336 e. The number of fused-ring (bicyclic) bond motifs is 3. The van der Waals surface area contributed by atoms with Crippen molar-refractivity contribution in [2.75, 3.05) is 5.32 Å². The number of hydrogen-bond acceptors (Lipinski definition) is 3. The highest BCUT2D eigenvalue weighted by Gasteiger charge is 2.10. The van der Waals surface area contributed by atoms with Gasteiger partial charge in [0, 0.05) is 18.0 Å². The molecule has 0 bridgehead atoms. The minimum Gasteiger partial charge on any atom is -0.423 e. The fraction of sp³-hybridized carbons (Fsp3) is 0.0500. The van der Waals surface area contributed by atoms with Gasteiger partial charge < -0.3 is 9.73 Å². The summed E-state index contributed by atoms with van der Waals surface area (Å²) in [5.41, 5.74) is 1.30. The summed E-state index contributed by atoms with van der Waals surface area (Å²) in [4.78, 5) is 11.9. The number of benzene rings is 3. The van der Waals surface area contributed by atoms with Gasteiger partial charge >= 0.3 is 5.63 Å². The molecule has 0 amide bonds. The summed E-state index contributed by atoms with van der Waals surface area (Å²) in [6.45, 7) is 0.330. The van der Waals surface area contributed by atoms with Gasteiger partial charge in [0.15, 0.2) is 0 Å². The second-order valence-corrected chi connectivity index (χ2v) is 5.58. The van der Waals surface area contributed by atoms with Gasteiger partial charge in [-0.3, -0.25) is 0 Å². The van der Waals surface area contributed by atoms with Crippen molar-refractivity contribution in [3.05, 3.63) is 88.5 Å². The average molecular weight is 319 g/mol. The Labute approximate surface area is 137 Å². The van der Waals surface area contributed by atoms with Crippen LogP contribution in [0.4, 0.5) is 10.1 Å². The van der Waals surface area contributed by atoms with E-state index in [1.807, 2.05) is 30.3 Å². The molecule has 24 heavy (non-hydrogen) atoms. The molecule has 0 spiro atoms. The van der Waals surface area contributed by atoms with Crippen molar-refractivity contribution in [2.45, 2.75) is 6.54 Å². The minimum atomic E-state index is -0.414. The van der Waals surface area contributed by atoms with Crippen molar-refractivity contribution in [1.82, 2.24) is 0 Å². The lowest BCUT2D eigenvalue weighted by atomic mass is 10.0. The van der Waals surface area contributed by atoms with E-state index >= 15 is 0 Å². The van der Waals surface area contributed by atoms with Crippen molar-refractivity contribution in [3.8, 4) is 0 Å². The van der Waals surface area contributed by atoms with Crippen LogP contribution in [0.15, 0.2) is 75.9 Å². The molecular weight excluding hydrogens is 305 g/mol. The Balaban J connectivity index is 1.86. The van der Waals surface area contributed by atoms with E-state index < -0.39 is 5.63 Å². The zero-order chi connectivity index (χ0) is 16.5. The van der Waals surface area contributed by atoms with E-state index in [1.54, 1.807) is 24.3 Å². The molecule has 1 aromatic heterocycles. The standard InChI is InChI=1S/C20H14FNO2/c21-16-7-3-4-8-17(16)22-12-14-11-19(23)24-18-10-9-13-5-1-2-6-15(13)20(14)18/h1-11,22H,12H2. The molecule has 0 aliphatic heterocycles. The summed E-state index contributed by atoms with van der Waals surface area (Å²) in [5.74, 6) is -0.324. The third kappa shape index (κ3) is 2.52. The topological polar surface area (TPSA) is 42.2 Å². The first-order valence-corrected chi connectivity index (χ1v) is 7.65. The zero-order valence-corrected chi connectivity index (χ0v) is 12.8. The molecule has 0 fully saturated rings. The predicted octanol–water partition coefficient (Wildman–Crippen LogP) is 4.70. The lowest BCUT2D eigenvalue weighted by Gasteiger charge is -2.11. The van der Waals surface area contributed by atoms with Crippen molar-refractivity contribution in [1.29, 1.82) is 0 Å². The molecule has 1 heterocycles. The van der Waals surface area contributed by atoms with Gasteiger partial charge in [0.05, 0.1) is 5.69 Å². The van der Waals surface area contributed by atoms with Crippen LogP contribution in [0.2, 0.25) is 0 Å². The third-order valence-electron chi connectivity index (χ3n) is 4.06. The lowest BCUT2D eigenvalue weighted by Crippen LogP contribution is -2.07. The molecule has 118 valence electrons. The van der Waals surface area contributed by atoms with Crippen LogP contribution in [-0.4, -0.2) is 0 Å². The van der Waals surface area contributed by atoms with E-state index in [2.05, 4.69) is 5.32 Å². The first-order chi connectivity index (χ1) is 11.7. The summed E-state index contributed by atoms with van der Waals surface area (Å²) in [6.07, 6.45) is 0. The third-order valence-corrected chi connectivity index (χ3v) is 4.06. The van der Waals surface area contributed by atoms with Crippen LogP contribution in [0.25, 0.3) is 21.7 Å². The normalized spacial score (nSPS) is 11.0. The van der Waals surface area contributed by atoms with E-state index in [9.17, 15) is 9.18 Å². The molecule has 0 saturated heterocycles. The van der Waals surface area contributed by atoms with E-state index in [4.69, 9.17) is 4.42 Å². The predicted molar refractivity (Wildman–Crippen MR) is 93.7 cm³/mol. The van der Waals surface area contributed by atoms with E-state index in [0.29, 0.717) is 17.8 Å². The lowest BCUT2D eigenvalue weighted by molar-refractivity contribution is 0.559. The molecule has 4 aromatic rings. The van der Waals surface area contributed by atoms with Crippen LogP contribution in [0.3, 0.4) is 0 Å². The Hall–Kier alpha value is -3.14. The van der Waals surface area contributed by atoms with Crippen molar-refractivity contribution >= 4 is 27.4 Å². The van der Waals surface area contributed by atoms with E-state index in [0.717, 1.165) is 21.7 Å². The monoisotopic (exact) mass is 319 g/mol. The molecule has 0 aliphatic carbocycles. The average Bonchev–Trinajstić information content (AvgIpc) is 2.60. The fourth-order valence-corrected chi connectivity index (χ4v) is 2.95. The molecule has 0 saturated carbocycles. The molecule has 3 nitrogen and oxygen atoms in total. The molecule has 0 unspecified atom stereocenters. The van der Waals surface area contributed by atoms with Crippen LogP contribution in [0.5, 0.6) is 0 Å². The summed E-state index contributed by atoms with van der Waals surface area (Å²) < 4.78 is 19.1. The first kappa shape index (κ1) is 14.5. The molecule has 0 radical (unpaired) electrons. The Morgan fingerprint density at radius 2 is 1.75 bits per heavy atom. The molecule has 3 aromatic carbocycles. The number of anilines is 1. The maximum atomic E-state index is 13.8. The quantitative estimate of drug-likeness (QED) is 0.440. The highest BCUT2D eigenvalue weighted by atomic mass is 19.1. The molecule has 4 rings (SSSR count). The molecule has 1 N–H and O–H groups in total. The van der Waals surface area contributed by atoms with Gasteiger partial charge in [0.1, 0.15) is 11.4 Å². The first-order valence-electron chi connectivity index (χ1n) is 7.65. The summed E-state index contributed by atoms with van der Waals surface area (Å²) in [5, 5.41) is 5.99. The van der Waals surface area contributed by atoms with Crippen LogP contribution >= 0.6 is 0 Å². The molecule has 0 atom stereocenters. The summed E-state index contributed by atoms with van der Waals surface area (Å²) in [6, 6.07) is 19.6. The van der Waals surface area contributed by atoms with Crippen molar-refractivity contribution in [2.24, 2.45) is 0 Å². The van der Waals surface area contributed by atoms with Gasteiger partial charge in [0.25, 0.3) is 0 Å². The largest absolute Gasteiger partial charge is 0.423 e. The Morgan fingerprint density at radius 3 is 2.62 bits per heavy atom. The fourth-order valence-electron chi connectivity index (χ4n) is 2.95. The second-order valence-electron chi connectivity index (χ2n) is 5.58. The Morgan fingerprint density at radius 1 is 0.958 bits per heavy atom. The van der Waals surface area contributed by atoms with Crippen LogP contribution < -0.4 is 10.9 Å². The van der Waals surface area contributed by atoms with Gasteiger partial charge in [-0.05, 0) is 34.5 Å². The van der Waals surface area contributed by atoms with Crippen molar-refractivity contribution in [3.63, 3.8) is 0 Å². The number of nitrogens with one attached hydrogen (secondary N) is 1. The highest BCUT2D eigenvalue weighted by molar-refractivity contribution is 6.07. The molecular formula is C20H14FNO2. The van der Waals surface area contributed by atoms with Gasteiger partial charge in [0.2, 0.25) is 0 Å². The number of halogens is 1. The van der Waals surface area contributed by atoms with Crippen LogP contribution in [0.1, 0.15) is 5.56 Å². The van der Waals surface area contributed by atoms with Gasteiger partial charge in [-0.1, -0.05) is 42.5 Å². The van der Waals surface area contributed by atoms with Crippen LogP contribution in [-0.2, 0) is 6.54 Å². The van der Waals surface area contributed by atoms with Gasteiger partial charge in [-0.25, -0.2) is 9.18 Å². The maximum Gasteiger partial charge on any atom is 0.336 e. The number of hydrogen-bond donors (Lipinski definition) is 1. The highest BCUT2D eigenvalue weighted by Crippen LogP contribution is 2.28. The van der Waals surface area contributed by atoms with E-state index in [-0.39, 0.29) is 5.82 Å². The number of para-hydroxylation sites is 1. The van der Waals surface area contributed by atoms with Gasteiger partial charge in [-0.15, -0.1) is 0 Å².